The number of thioether (sulfide) groups is 2. The van der Waals surface area contributed by atoms with Crippen LogP contribution in [-0.4, -0.2) is 24.6 Å². The average molecular weight is 358 g/mol. The van der Waals surface area contributed by atoms with Crippen LogP contribution in [0.15, 0.2) is 0 Å². The number of rotatable bonds is 0. The molecule has 1 nitrogen and oxygen atoms in total. The minimum absolute atomic E-state index is 0.354. The fourth-order valence-electron chi connectivity index (χ4n) is 2.75. The molecule has 14 heavy (non-hydrogen) atoms. The summed E-state index contributed by atoms with van der Waals surface area (Å²) >= 11 is 11.2. The van der Waals surface area contributed by atoms with Gasteiger partial charge in [-0.3, -0.25) is 4.79 Å². The Kier molecular flexibility index (Phi) is 2.75. The number of hydrogen-bond donors (Lipinski definition) is 0. The minimum Gasteiger partial charge on any atom is -0.299 e. The van der Waals surface area contributed by atoms with E-state index in [0.29, 0.717) is 36.4 Å². The molecule has 1 saturated carbocycles. The van der Waals surface area contributed by atoms with Crippen molar-refractivity contribution in [3.05, 3.63) is 0 Å². The highest BCUT2D eigenvalue weighted by Crippen LogP contribution is 2.59. The van der Waals surface area contributed by atoms with E-state index in [4.69, 9.17) is 0 Å². The standard InChI is InChI=1S/C9H10Br2OS2/c10-5-1-3-7(12)4-2-6(11)14-9(4)8(3)13-5/h3-6,8-9H,1-2H2. The van der Waals surface area contributed by atoms with Gasteiger partial charge < -0.3 is 0 Å². The van der Waals surface area contributed by atoms with E-state index in [9.17, 15) is 4.79 Å². The van der Waals surface area contributed by atoms with Crippen LogP contribution in [0.5, 0.6) is 0 Å². The Balaban J connectivity index is 1.87. The third-order valence-corrected chi connectivity index (χ3v) is 8.40. The molecule has 0 aromatic heterocycles. The molecule has 6 unspecified atom stereocenters. The minimum atomic E-state index is 0.354. The first-order chi connectivity index (χ1) is 6.66. The lowest BCUT2D eigenvalue weighted by atomic mass is 9.99. The maximum absolute atomic E-state index is 12.1. The van der Waals surface area contributed by atoms with Gasteiger partial charge in [-0.2, -0.15) is 0 Å². The van der Waals surface area contributed by atoms with E-state index in [2.05, 4.69) is 31.9 Å². The zero-order valence-corrected chi connectivity index (χ0v) is 12.2. The third kappa shape index (κ3) is 1.45. The van der Waals surface area contributed by atoms with Crippen molar-refractivity contribution in [3.8, 4) is 0 Å². The summed E-state index contributed by atoms with van der Waals surface area (Å²) in [6, 6.07) is 0. The van der Waals surface area contributed by atoms with E-state index < -0.39 is 0 Å². The molecule has 0 bridgehead atoms. The fourth-order valence-corrected chi connectivity index (χ4v) is 8.32. The summed E-state index contributed by atoms with van der Waals surface area (Å²) in [5, 5.41) is 1.17. The number of Topliss-reactive ketones (excluding diaryl/α,β-unsaturated/α-hetero) is 1. The summed E-state index contributed by atoms with van der Waals surface area (Å²) in [5.74, 6) is 1.25. The molecule has 1 aliphatic carbocycles. The van der Waals surface area contributed by atoms with Gasteiger partial charge in [-0.25, -0.2) is 0 Å². The number of hydrogen-bond acceptors (Lipinski definition) is 3. The molecule has 0 amide bonds. The van der Waals surface area contributed by atoms with E-state index >= 15 is 0 Å². The second kappa shape index (κ2) is 3.67. The van der Waals surface area contributed by atoms with Gasteiger partial charge in [0.25, 0.3) is 0 Å². The van der Waals surface area contributed by atoms with E-state index in [1.165, 1.54) is 0 Å². The Morgan fingerprint density at radius 3 is 1.86 bits per heavy atom. The van der Waals surface area contributed by atoms with Crippen LogP contribution < -0.4 is 0 Å². The lowest BCUT2D eigenvalue weighted by molar-refractivity contribution is -0.123. The monoisotopic (exact) mass is 356 g/mol. The van der Waals surface area contributed by atoms with Gasteiger partial charge in [0.05, 0.1) is 8.32 Å². The predicted molar refractivity (Wildman–Crippen MR) is 69.4 cm³/mol. The normalized spacial score (nSPS) is 56.3. The summed E-state index contributed by atoms with van der Waals surface area (Å²) in [5.41, 5.74) is 0. The van der Waals surface area contributed by atoms with Crippen molar-refractivity contribution in [2.24, 2.45) is 11.8 Å². The van der Waals surface area contributed by atoms with Crippen molar-refractivity contribution in [2.75, 3.05) is 0 Å². The van der Waals surface area contributed by atoms with Gasteiger partial charge >= 0.3 is 0 Å². The van der Waals surface area contributed by atoms with Gasteiger partial charge in [0.1, 0.15) is 5.78 Å². The second-order valence-corrected chi connectivity index (χ2v) is 10.3. The molecule has 0 spiro atoms. The van der Waals surface area contributed by atoms with E-state index in [-0.39, 0.29) is 0 Å². The first-order valence-corrected chi connectivity index (χ1v) is 8.51. The molecule has 0 radical (unpaired) electrons. The average Bonchev–Trinajstić information content (AvgIpc) is 2.71. The summed E-state index contributed by atoms with van der Waals surface area (Å²) in [4.78, 5) is 12.1. The van der Waals surface area contributed by atoms with Crippen LogP contribution in [0.4, 0.5) is 0 Å². The zero-order chi connectivity index (χ0) is 9.87. The molecule has 3 rings (SSSR count). The summed E-state index contributed by atoms with van der Waals surface area (Å²) in [6.07, 6.45) is 2.10. The molecule has 5 heteroatoms. The van der Waals surface area contributed by atoms with Gasteiger partial charge in [0.15, 0.2) is 0 Å². The molecule has 2 aliphatic heterocycles. The summed E-state index contributed by atoms with van der Waals surface area (Å²) < 4.78 is 1.02. The van der Waals surface area contributed by atoms with Gasteiger partial charge in [0, 0.05) is 22.3 Å². The first kappa shape index (κ1) is 10.5. The van der Waals surface area contributed by atoms with Crippen molar-refractivity contribution >= 4 is 61.2 Å². The molecule has 0 aromatic carbocycles. The Labute approximate surface area is 109 Å². The molecule has 3 fully saturated rings. The van der Waals surface area contributed by atoms with Crippen LogP contribution in [0, 0.1) is 11.8 Å². The van der Waals surface area contributed by atoms with Crippen LogP contribution in [-0.2, 0) is 4.79 Å². The summed E-state index contributed by atoms with van der Waals surface area (Å²) in [7, 11) is 0. The van der Waals surface area contributed by atoms with Crippen LogP contribution >= 0.6 is 55.4 Å². The van der Waals surface area contributed by atoms with E-state index in [1.54, 1.807) is 0 Å². The van der Waals surface area contributed by atoms with Gasteiger partial charge in [-0.05, 0) is 12.8 Å². The molecule has 0 N–H and O–H groups in total. The third-order valence-electron chi connectivity index (χ3n) is 3.34. The van der Waals surface area contributed by atoms with Crippen LogP contribution in [0.25, 0.3) is 0 Å². The number of alkyl halides is 2. The molecular weight excluding hydrogens is 348 g/mol. The topological polar surface area (TPSA) is 17.1 Å². The molecule has 6 atom stereocenters. The lowest BCUT2D eigenvalue weighted by Gasteiger charge is -2.14. The molecule has 78 valence electrons. The van der Waals surface area contributed by atoms with E-state index in [0.717, 1.165) is 12.8 Å². The van der Waals surface area contributed by atoms with Crippen LogP contribution in [0.2, 0.25) is 0 Å². The predicted octanol–water partition coefficient (Wildman–Crippen LogP) is 3.25. The Bertz CT molecular complexity index is 260. The van der Waals surface area contributed by atoms with Crippen molar-refractivity contribution in [1.82, 2.24) is 0 Å². The van der Waals surface area contributed by atoms with E-state index in [1.807, 2.05) is 23.5 Å². The molecular formula is C9H10Br2OS2. The maximum atomic E-state index is 12.1. The fraction of sp³-hybridized carbons (Fsp3) is 0.889. The Morgan fingerprint density at radius 2 is 1.43 bits per heavy atom. The second-order valence-electron chi connectivity index (χ2n) is 4.11. The molecule has 2 saturated heterocycles. The van der Waals surface area contributed by atoms with Gasteiger partial charge in [-0.1, -0.05) is 31.9 Å². The largest absolute Gasteiger partial charge is 0.299 e. The Morgan fingerprint density at radius 1 is 1.00 bits per heavy atom. The van der Waals surface area contributed by atoms with Crippen LogP contribution in [0.3, 0.4) is 0 Å². The molecule has 0 aromatic rings. The lowest BCUT2D eigenvalue weighted by Crippen LogP contribution is -2.16. The number of ketones is 1. The van der Waals surface area contributed by atoms with Crippen molar-refractivity contribution in [1.29, 1.82) is 0 Å². The highest BCUT2D eigenvalue weighted by atomic mass is 79.9. The Hall–Kier alpha value is 1.33. The highest BCUT2D eigenvalue weighted by Gasteiger charge is 2.57. The number of fused-ring (bicyclic) bond motifs is 3. The maximum Gasteiger partial charge on any atom is 0.141 e. The van der Waals surface area contributed by atoms with Crippen molar-refractivity contribution < 1.29 is 4.79 Å². The number of carbonyl (C=O) groups is 1. The van der Waals surface area contributed by atoms with Crippen molar-refractivity contribution in [2.45, 2.75) is 31.7 Å². The number of carbonyl (C=O) groups excluding carboxylic acids is 1. The first-order valence-electron chi connectivity index (χ1n) is 4.79. The smallest absolute Gasteiger partial charge is 0.141 e. The van der Waals surface area contributed by atoms with Crippen LogP contribution in [0.1, 0.15) is 12.8 Å². The summed E-state index contributed by atoms with van der Waals surface area (Å²) in [6.45, 7) is 0. The SMILES string of the molecule is O=C1C2CC(Br)SC2C2SC(Br)CC12. The molecule has 3 aliphatic rings. The quantitative estimate of drug-likeness (QED) is 0.619. The molecule has 2 heterocycles. The van der Waals surface area contributed by atoms with Crippen molar-refractivity contribution in [3.63, 3.8) is 0 Å². The zero-order valence-electron chi connectivity index (χ0n) is 7.36. The highest BCUT2D eigenvalue weighted by molar-refractivity contribution is 9.11. The number of halogens is 2. The van der Waals surface area contributed by atoms with Gasteiger partial charge in [0.2, 0.25) is 0 Å². The van der Waals surface area contributed by atoms with Gasteiger partial charge in [-0.15, -0.1) is 23.5 Å².